The topological polar surface area (TPSA) is 46.3 Å². The second-order valence-corrected chi connectivity index (χ2v) is 4.93. The van der Waals surface area contributed by atoms with Crippen LogP contribution in [0.4, 0.5) is 17.1 Å². The summed E-state index contributed by atoms with van der Waals surface area (Å²) in [5.74, 6) is -0.0726. The van der Waals surface area contributed by atoms with Gasteiger partial charge in [-0.25, -0.2) is 0 Å². The summed E-state index contributed by atoms with van der Waals surface area (Å²) < 4.78 is 0. The van der Waals surface area contributed by atoms with Gasteiger partial charge < -0.3 is 5.73 Å². The summed E-state index contributed by atoms with van der Waals surface area (Å²) in [7, 11) is 0. The van der Waals surface area contributed by atoms with Crippen molar-refractivity contribution in [3.8, 4) is 0 Å². The van der Waals surface area contributed by atoms with Crippen LogP contribution in [0.2, 0.25) is 0 Å². The van der Waals surface area contributed by atoms with Gasteiger partial charge in [-0.2, -0.15) is 0 Å². The van der Waals surface area contributed by atoms with E-state index in [4.69, 9.17) is 5.73 Å². The minimum atomic E-state index is -0.0726. The SMILES string of the molecule is Nc1ccc(N(C(=O)c2ccccc2)c2ccccc2)cc1. The Bertz CT molecular complexity index is 752. The molecule has 0 aliphatic rings. The van der Waals surface area contributed by atoms with Crippen LogP contribution in [0.25, 0.3) is 0 Å². The minimum Gasteiger partial charge on any atom is -0.399 e. The van der Waals surface area contributed by atoms with Crippen molar-refractivity contribution in [2.45, 2.75) is 0 Å². The first-order valence-corrected chi connectivity index (χ1v) is 7.06. The summed E-state index contributed by atoms with van der Waals surface area (Å²) in [4.78, 5) is 14.6. The van der Waals surface area contributed by atoms with Crippen LogP contribution in [0.15, 0.2) is 84.9 Å². The van der Waals surface area contributed by atoms with Gasteiger partial charge in [-0.05, 0) is 48.5 Å². The monoisotopic (exact) mass is 288 g/mol. The number of rotatable bonds is 3. The molecular weight excluding hydrogens is 272 g/mol. The maximum absolute atomic E-state index is 12.9. The first kappa shape index (κ1) is 13.9. The number of nitrogens with two attached hydrogens (primary N) is 1. The summed E-state index contributed by atoms with van der Waals surface area (Å²) in [6.07, 6.45) is 0. The predicted octanol–water partition coefficient (Wildman–Crippen LogP) is 4.25. The van der Waals surface area contributed by atoms with Crippen molar-refractivity contribution < 1.29 is 4.79 Å². The number of nitrogen functional groups attached to an aromatic ring is 1. The van der Waals surface area contributed by atoms with Gasteiger partial charge in [0.1, 0.15) is 0 Å². The van der Waals surface area contributed by atoms with Gasteiger partial charge in [0.15, 0.2) is 0 Å². The number of para-hydroxylation sites is 1. The Morgan fingerprint density at radius 1 is 0.682 bits per heavy atom. The molecule has 22 heavy (non-hydrogen) atoms. The Kier molecular flexibility index (Phi) is 3.88. The maximum Gasteiger partial charge on any atom is 0.262 e. The van der Waals surface area contributed by atoms with Gasteiger partial charge in [0.2, 0.25) is 0 Å². The molecule has 0 saturated carbocycles. The number of carbonyl (C=O) groups is 1. The molecule has 3 aromatic rings. The number of carbonyl (C=O) groups excluding carboxylic acids is 1. The largest absolute Gasteiger partial charge is 0.399 e. The second kappa shape index (κ2) is 6.14. The molecule has 0 heterocycles. The van der Waals surface area contributed by atoms with Crippen molar-refractivity contribution in [1.29, 1.82) is 0 Å². The summed E-state index contributed by atoms with van der Waals surface area (Å²) in [6, 6.07) is 26.1. The number of benzene rings is 3. The Morgan fingerprint density at radius 2 is 1.18 bits per heavy atom. The number of nitrogens with zero attached hydrogens (tertiary/aromatic N) is 1. The third-order valence-corrected chi connectivity index (χ3v) is 3.39. The molecule has 0 radical (unpaired) electrons. The van der Waals surface area contributed by atoms with Crippen LogP contribution in [0.5, 0.6) is 0 Å². The van der Waals surface area contributed by atoms with E-state index in [1.165, 1.54) is 0 Å². The van der Waals surface area contributed by atoms with Crippen molar-refractivity contribution in [3.05, 3.63) is 90.5 Å². The third-order valence-electron chi connectivity index (χ3n) is 3.39. The first-order valence-electron chi connectivity index (χ1n) is 7.06. The van der Waals surface area contributed by atoms with Gasteiger partial charge in [0, 0.05) is 22.6 Å². The third kappa shape index (κ3) is 2.83. The first-order chi connectivity index (χ1) is 10.8. The molecule has 0 unspecified atom stereocenters. The van der Waals surface area contributed by atoms with E-state index < -0.39 is 0 Å². The molecule has 0 atom stereocenters. The number of amides is 1. The zero-order valence-electron chi connectivity index (χ0n) is 12.0. The van der Waals surface area contributed by atoms with E-state index in [2.05, 4.69) is 0 Å². The van der Waals surface area contributed by atoms with E-state index in [9.17, 15) is 4.79 Å². The molecule has 0 aromatic heterocycles. The highest BCUT2D eigenvalue weighted by Crippen LogP contribution is 2.28. The fourth-order valence-corrected chi connectivity index (χ4v) is 2.29. The summed E-state index contributed by atoms with van der Waals surface area (Å²) >= 11 is 0. The molecule has 3 aromatic carbocycles. The van der Waals surface area contributed by atoms with Gasteiger partial charge >= 0.3 is 0 Å². The Balaban J connectivity index is 2.07. The van der Waals surface area contributed by atoms with Crippen LogP contribution in [0, 0.1) is 0 Å². The number of hydrogen-bond donors (Lipinski definition) is 1. The van der Waals surface area contributed by atoms with E-state index in [1.807, 2.05) is 72.8 Å². The van der Waals surface area contributed by atoms with Gasteiger partial charge in [-0.1, -0.05) is 36.4 Å². The van der Waals surface area contributed by atoms with E-state index in [1.54, 1.807) is 17.0 Å². The second-order valence-electron chi connectivity index (χ2n) is 4.93. The van der Waals surface area contributed by atoms with E-state index >= 15 is 0 Å². The van der Waals surface area contributed by atoms with Gasteiger partial charge in [-0.15, -0.1) is 0 Å². The van der Waals surface area contributed by atoms with Gasteiger partial charge in [0.25, 0.3) is 5.91 Å². The average molecular weight is 288 g/mol. The molecule has 108 valence electrons. The summed E-state index contributed by atoms with van der Waals surface area (Å²) in [5, 5.41) is 0. The Labute approximate surface area is 129 Å². The predicted molar refractivity (Wildman–Crippen MR) is 90.2 cm³/mol. The minimum absolute atomic E-state index is 0.0726. The van der Waals surface area contributed by atoms with Crippen molar-refractivity contribution in [1.82, 2.24) is 0 Å². The molecule has 0 saturated heterocycles. The van der Waals surface area contributed by atoms with E-state index in [0.29, 0.717) is 11.3 Å². The zero-order chi connectivity index (χ0) is 15.4. The molecule has 3 heteroatoms. The normalized spacial score (nSPS) is 10.2. The lowest BCUT2D eigenvalue weighted by Gasteiger charge is -2.23. The van der Waals surface area contributed by atoms with E-state index in [-0.39, 0.29) is 5.91 Å². The van der Waals surface area contributed by atoms with Crippen LogP contribution >= 0.6 is 0 Å². The summed E-state index contributed by atoms with van der Waals surface area (Å²) in [5.41, 5.74) is 8.67. The van der Waals surface area contributed by atoms with Crippen molar-refractivity contribution >= 4 is 23.0 Å². The smallest absolute Gasteiger partial charge is 0.262 e. The number of anilines is 3. The molecule has 0 bridgehead atoms. The highest BCUT2D eigenvalue weighted by atomic mass is 16.2. The Hall–Kier alpha value is -3.07. The standard InChI is InChI=1S/C19H16N2O/c20-16-11-13-18(14-12-16)21(17-9-5-2-6-10-17)19(22)15-7-3-1-4-8-15/h1-14H,20H2. The molecule has 0 aliphatic carbocycles. The van der Waals surface area contributed by atoms with Crippen molar-refractivity contribution in [2.75, 3.05) is 10.6 Å². The van der Waals surface area contributed by atoms with Crippen LogP contribution in [0.3, 0.4) is 0 Å². The molecule has 0 spiro atoms. The quantitative estimate of drug-likeness (QED) is 0.732. The van der Waals surface area contributed by atoms with Crippen molar-refractivity contribution in [3.63, 3.8) is 0 Å². The molecule has 3 rings (SSSR count). The molecule has 2 N–H and O–H groups in total. The molecule has 0 fully saturated rings. The van der Waals surface area contributed by atoms with E-state index in [0.717, 1.165) is 11.4 Å². The van der Waals surface area contributed by atoms with Gasteiger partial charge in [0.05, 0.1) is 0 Å². The molecule has 1 amide bonds. The number of hydrogen-bond acceptors (Lipinski definition) is 2. The maximum atomic E-state index is 12.9. The molecule has 3 nitrogen and oxygen atoms in total. The highest BCUT2D eigenvalue weighted by molar-refractivity contribution is 6.10. The lowest BCUT2D eigenvalue weighted by molar-refractivity contribution is 0.0999. The zero-order valence-corrected chi connectivity index (χ0v) is 12.0. The van der Waals surface area contributed by atoms with Crippen LogP contribution < -0.4 is 10.6 Å². The molecular formula is C19H16N2O. The lowest BCUT2D eigenvalue weighted by atomic mass is 10.1. The average Bonchev–Trinajstić information content (AvgIpc) is 2.58. The van der Waals surface area contributed by atoms with Crippen LogP contribution in [-0.2, 0) is 0 Å². The van der Waals surface area contributed by atoms with Crippen LogP contribution in [0.1, 0.15) is 10.4 Å². The molecule has 0 aliphatic heterocycles. The Morgan fingerprint density at radius 3 is 1.77 bits per heavy atom. The summed E-state index contributed by atoms with van der Waals surface area (Å²) in [6.45, 7) is 0. The highest BCUT2D eigenvalue weighted by Gasteiger charge is 2.19. The lowest BCUT2D eigenvalue weighted by Crippen LogP contribution is -2.25. The van der Waals surface area contributed by atoms with Crippen LogP contribution in [-0.4, -0.2) is 5.91 Å². The van der Waals surface area contributed by atoms with Gasteiger partial charge in [-0.3, -0.25) is 9.69 Å². The van der Waals surface area contributed by atoms with Crippen molar-refractivity contribution in [2.24, 2.45) is 0 Å². The fourth-order valence-electron chi connectivity index (χ4n) is 2.29. The fraction of sp³-hybridized carbons (Fsp3) is 0.